The molecular weight excluding hydrogens is 344 g/mol. The Hall–Kier alpha value is -0.630. The average molecular weight is 363 g/mol. The molecule has 0 amide bonds. The predicted octanol–water partition coefficient (Wildman–Crippen LogP) is 1.96. The third-order valence-electron chi connectivity index (χ3n) is 3.60. The van der Waals surface area contributed by atoms with E-state index >= 15 is 0 Å². The number of anilines is 1. The van der Waals surface area contributed by atoms with Crippen LogP contribution in [0.4, 0.5) is 5.69 Å². The van der Waals surface area contributed by atoms with Gasteiger partial charge in [-0.25, -0.2) is 8.42 Å². The lowest BCUT2D eigenvalue weighted by atomic mass is 9.98. The van der Waals surface area contributed by atoms with Crippen LogP contribution in [0.1, 0.15) is 26.2 Å². The summed E-state index contributed by atoms with van der Waals surface area (Å²) < 4.78 is 27.2. The van der Waals surface area contributed by atoms with E-state index in [1.165, 1.54) is 10.4 Å². The Balaban J connectivity index is 2.30. The van der Waals surface area contributed by atoms with Crippen molar-refractivity contribution >= 4 is 31.6 Å². The molecule has 0 aromatic heterocycles. The first kappa shape index (κ1) is 15.8. The van der Waals surface area contributed by atoms with E-state index < -0.39 is 15.6 Å². The summed E-state index contributed by atoms with van der Waals surface area (Å²) in [5, 5.41) is 10.1. The fourth-order valence-electron chi connectivity index (χ4n) is 2.34. The lowest BCUT2D eigenvalue weighted by Crippen LogP contribution is -2.33. The van der Waals surface area contributed by atoms with Gasteiger partial charge in [0.2, 0.25) is 10.0 Å². The second kappa shape index (κ2) is 5.63. The average Bonchev–Trinajstić information content (AvgIpc) is 2.50. The molecule has 20 heavy (non-hydrogen) atoms. The number of rotatable bonds is 2. The molecule has 1 aromatic carbocycles. The van der Waals surface area contributed by atoms with Crippen LogP contribution >= 0.6 is 15.9 Å². The molecule has 1 fully saturated rings. The van der Waals surface area contributed by atoms with Crippen LogP contribution in [0.2, 0.25) is 0 Å². The number of nitrogen functional groups attached to an aromatic ring is 1. The minimum atomic E-state index is -3.56. The first-order valence-electron chi connectivity index (χ1n) is 6.50. The lowest BCUT2D eigenvalue weighted by Gasteiger charge is -2.22. The van der Waals surface area contributed by atoms with Gasteiger partial charge in [-0.1, -0.05) is 0 Å². The molecule has 1 aliphatic heterocycles. The highest BCUT2D eigenvalue weighted by Gasteiger charge is 2.32. The molecule has 5 nitrogen and oxygen atoms in total. The van der Waals surface area contributed by atoms with Gasteiger partial charge in [-0.05, 0) is 60.3 Å². The first-order valence-corrected chi connectivity index (χ1v) is 8.73. The summed E-state index contributed by atoms with van der Waals surface area (Å²) in [7, 11) is -3.56. The number of aliphatic hydroxyl groups is 1. The summed E-state index contributed by atoms with van der Waals surface area (Å²) >= 11 is 3.26. The number of nitrogens with zero attached hydrogens (tertiary/aromatic N) is 1. The number of nitrogens with two attached hydrogens (primary N) is 1. The van der Waals surface area contributed by atoms with E-state index in [2.05, 4.69) is 15.9 Å². The zero-order valence-electron chi connectivity index (χ0n) is 11.3. The SMILES string of the molecule is CC1(O)CCCN(S(=O)(=O)c2ccc(N)cc2Br)CC1. The van der Waals surface area contributed by atoms with Crippen molar-refractivity contribution in [2.75, 3.05) is 18.8 Å². The van der Waals surface area contributed by atoms with E-state index in [9.17, 15) is 13.5 Å². The molecule has 1 aliphatic rings. The van der Waals surface area contributed by atoms with Crippen molar-refractivity contribution in [3.8, 4) is 0 Å². The maximum absolute atomic E-state index is 12.7. The highest BCUT2D eigenvalue weighted by molar-refractivity contribution is 9.10. The first-order chi connectivity index (χ1) is 9.22. The van der Waals surface area contributed by atoms with Crippen LogP contribution in [-0.2, 0) is 10.0 Å². The van der Waals surface area contributed by atoms with Crippen LogP contribution in [0.15, 0.2) is 27.6 Å². The van der Waals surface area contributed by atoms with Gasteiger partial charge < -0.3 is 10.8 Å². The maximum atomic E-state index is 12.7. The van der Waals surface area contributed by atoms with Gasteiger partial charge in [-0.3, -0.25) is 0 Å². The molecule has 112 valence electrons. The molecule has 1 aromatic rings. The van der Waals surface area contributed by atoms with E-state index in [4.69, 9.17) is 5.73 Å². The Morgan fingerprint density at radius 2 is 2.05 bits per heavy atom. The minimum Gasteiger partial charge on any atom is -0.399 e. The Morgan fingerprint density at radius 3 is 2.70 bits per heavy atom. The van der Waals surface area contributed by atoms with E-state index in [-0.39, 0.29) is 4.90 Å². The molecule has 1 unspecified atom stereocenters. The fraction of sp³-hybridized carbons (Fsp3) is 0.538. The second-order valence-corrected chi connectivity index (χ2v) is 8.21. The monoisotopic (exact) mass is 362 g/mol. The number of hydrogen-bond donors (Lipinski definition) is 2. The Bertz CT molecular complexity index is 602. The molecule has 0 bridgehead atoms. The van der Waals surface area contributed by atoms with Crippen molar-refractivity contribution in [3.05, 3.63) is 22.7 Å². The summed E-state index contributed by atoms with van der Waals surface area (Å²) in [5.74, 6) is 0. The van der Waals surface area contributed by atoms with Gasteiger partial charge in [0, 0.05) is 23.2 Å². The van der Waals surface area contributed by atoms with Gasteiger partial charge in [0.15, 0.2) is 0 Å². The van der Waals surface area contributed by atoms with Gasteiger partial charge in [0.25, 0.3) is 0 Å². The standard InChI is InChI=1S/C13H19BrN2O3S/c1-13(17)5-2-7-16(8-6-13)20(18,19)12-4-3-10(15)9-11(12)14/h3-4,9,17H,2,5-8,15H2,1H3. The number of hydrogen-bond acceptors (Lipinski definition) is 4. The van der Waals surface area contributed by atoms with E-state index in [1.54, 1.807) is 19.1 Å². The Labute approximate surface area is 128 Å². The van der Waals surface area contributed by atoms with E-state index in [1.807, 2.05) is 0 Å². The van der Waals surface area contributed by atoms with Crippen LogP contribution in [0, 0.1) is 0 Å². The smallest absolute Gasteiger partial charge is 0.244 e. The lowest BCUT2D eigenvalue weighted by molar-refractivity contribution is 0.0465. The molecular formula is C13H19BrN2O3S. The molecule has 1 saturated heterocycles. The van der Waals surface area contributed by atoms with Crippen LogP contribution in [0.5, 0.6) is 0 Å². The Kier molecular flexibility index (Phi) is 4.44. The summed E-state index contributed by atoms with van der Waals surface area (Å²) in [5.41, 5.74) is 5.36. The zero-order chi connectivity index (χ0) is 15.0. The van der Waals surface area contributed by atoms with Gasteiger partial charge in [0.1, 0.15) is 0 Å². The van der Waals surface area contributed by atoms with E-state index in [0.717, 1.165) is 0 Å². The van der Waals surface area contributed by atoms with Crippen LogP contribution in [0.25, 0.3) is 0 Å². The van der Waals surface area contributed by atoms with Crippen LogP contribution < -0.4 is 5.73 Å². The topological polar surface area (TPSA) is 83.6 Å². The zero-order valence-corrected chi connectivity index (χ0v) is 13.7. The quantitative estimate of drug-likeness (QED) is 0.787. The van der Waals surface area contributed by atoms with Crippen LogP contribution in [0.3, 0.4) is 0 Å². The second-order valence-electron chi connectivity index (χ2n) is 5.44. The largest absolute Gasteiger partial charge is 0.399 e. The van der Waals surface area contributed by atoms with Crippen molar-refractivity contribution < 1.29 is 13.5 Å². The summed E-state index contributed by atoms with van der Waals surface area (Å²) in [4.78, 5) is 0.216. The highest BCUT2D eigenvalue weighted by Crippen LogP contribution is 2.30. The molecule has 0 radical (unpaired) electrons. The molecule has 3 N–H and O–H groups in total. The fourth-order valence-corrected chi connectivity index (χ4v) is 4.88. The highest BCUT2D eigenvalue weighted by atomic mass is 79.9. The van der Waals surface area contributed by atoms with Crippen molar-refractivity contribution in [3.63, 3.8) is 0 Å². The minimum absolute atomic E-state index is 0.216. The van der Waals surface area contributed by atoms with Crippen molar-refractivity contribution in [1.29, 1.82) is 0 Å². The number of sulfonamides is 1. The van der Waals surface area contributed by atoms with Gasteiger partial charge in [-0.15, -0.1) is 0 Å². The summed E-state index contributed by atoms with van der Waals surface area (Å²) in [6.07, 6.45) is 1.71. The maximum Gasteiger partial charge on any atom is 0.244 e. The third-order valence-corrected chi connectivity index (χ3v) is 6.47. The van der Waals surface area contributed by atoms with Gasteiger partial charge >= 0.3 is 0 Å². The van der Waals surface area contributed by atoms with E-state index in [0.29, 0.717) is 42.5 Å². The molecule has 7 heteroatoms. The molecule has 0 saturated carbocycles. The molecule has 2 rings (SSSR count). The molecule has 1 heterocycles. The molecule has 1 atom stereocenters. The third kappa shape index (κ3) is 3.33. The Morgan fingerprint density at radius 1 is 1.35 bits per heavy atom. The molecule has 0 spiro atoms. The van der Waals surface area contributed by atoms with Gasteiger partial charge in [0.05, 0.1) is 10.5 Å². The number of halogens is 1. The predicted molar refractivity (Wildman–Crippen MR) is 81.8 cm³/mol. The van der Waals surface area contributed by atoms with Crippen molar-refractivity contribution in [2.45, 2.75) is 36.7 Å². The normalized spacial score (nSPS) is 25.4. The van der Waals surface area contributed by atoms with Gasteiger partial charge in [-0.2, -0.15) is 4.31 Å². The van der Waals surface area contributed by atoms with Crippen molar-refractivity contribution in [1.82, 2.24) is 4.31 Å². The summed E-state index contributed by atoms with van der Waals surface area (Å²) in [6, 6.07) is 4.67. The number of benzene rings is 1. The summed E-state index contributed by atoms with van der Waals surface area (Å²) in [6.45, 7) is 2.50. The van der Waals surface area contributed by atoms with Crippen LogP contribution in [-0.4, -0.2) is 36.5 Å². The van der Waals surface area contributed by atoms with Crippen molar-refractivity contribution in [2.24, 2.45) is 0 Å². The molecule has 0 aliphatic carbocycles.